The number of benzene rings is 1. The summed E-state index contributed by atoms with van der Waals surface area (Å²) >= 11 is 12.3. The molecule has 2 aromatic rings. The van der Waals surface area contributed by atoms with Crippen LogP contribution in [0.4, 0.5) is 4.39 Å². The van der Waals surface area contributed by atoms with E-state index in [1.54, 1.807) is 12.3 Å². The molecule has 94 valence electrons. The number of aryl methyl sites for hydroxylation is 1. The third kappa shape index (κ3) is 3.01. The lowest BCUT2D eigenvalue weighted by Crippen LogP contribution is -2.01. The van der Waals surface area contributed by atoms with Gasteiger partial charge in [-0.1, -0.05) is 23.7 Å². The van der Waals surface area contributed by atoms with Gasteiger partial charge < -0.3 is 0 Å². The summed E-state index contributed by atoms with van der Waals surface area (Å²) < 4.78 is 13.0. The van der Waals surface area contributed by atoms with Gasteiger partial charge in [-0.3, -0.25) is 4.98 Å². The maximum absolute atomic E-state index is 13.0. The van der Waals surface area contributed by atoms with Crippen LogP contribution >= 0.6 is 23.2 Å². The van der Waals surface area contributed by atoms with E-state index in [2.05, 4.69) is 4.98 Å². The summed E-state index contributed by atoms with van der Waals surface area (Å²) in [6.45, 7) is 1.98. The van der Waals surface area contributed by atoms with Gasteiger partial charge in [0.25, 0.3) is 0 Å². The molecular weight excluding hydrogens is 272 g/mol. The Morgan fingerprint density at radius 3 is 2.78 bits per heavy atom. The minimum absolute atomic E-state index is 0.313. The van der Waals surface area contributed by atoms with Crippen molar-refractivity contribution in [2.24, 2.45) is 0 Å². The van der Waals surface area contributed by atoms with E-state index in [0.717, 1.165) is 16.8 Å². The topological polar surface area (TPSA) is 12.9 Å². The zero-order valence-electron chi connectivity index (χ0n) is 9.83. The van der Waals surface area contributed by atoms with E-state index >= 15 is 0 Å². The highest BCUT2D eigenvalue weighted by Gasteiger charge is 2.14. The molecule has 0 bridgehead atoms. The molecule has 1 nitrogen and oxygen atoms in total. The van der Waals surface area contributed by atoms with Gasteiger partial charge in [0.1, 0.15) is 5.82 Å². The number of halogens is 3. The van der Waals surface area contributed by atoms with Crippen LogP contribution in [0.2, 0.25) is 5.02 Å². The second-order valence-electron chi connectivity index (χ2n) is 4.10. The van der Waals surface area contributed by atoms with Crippen molar-refractivity contribution in [2.45, 2.75) is 18.7 Å². The molecule has 1 atom stereocenters. The van der Waals surface area contributed by atoms with Crippen molar-refractivity contribution in [3.05, 3.63) is 64.2 Å². The highest BCUT2D eigenvalue weighted by molar-refractivity contribution is 6.32. The second-order valence-corrected chi connectivity index (χ2v) is 5.04. The second kappa shape index (κ2) is 5.68. The van der Waals surface area contributed by atoms with Gasteiger partial charge in [-0.05, 0) is 36.2 Å². The first kappa shape index (κ1) is 13.3. The van der Waals surface area contributed by atoms with Crippen molar-refractivity contribution < 1.29 is 4.39 Å². The number of nitrogens with zero attached hydrogens (tertiary/aromatic N) is 1. The third-order valence-electron chi connectivity index (χ3n) is 2.79. The quantitative estimate of drug-likeness (QED) is 0.744. The lowest BCUT2D eigenvalue weighted by Gasteiger charge is -2.12. The molecule has 1 aromatic heterocycles. The van der Waals surface area contributed by atoms with E-state index in [0.29, 0.717) is 11.4 Å². The lowest BCUT2D eigenvalue weighted by molar-refractivity contribution is 0.627. The van der Waals surface area contributed by atoms with Gasteiger partial charge in [-0.2, -0.15) is 0 Å². The Hall–Kier alpha value is -1.12. The number of pyridine rings is 1. The molecule has 0 saturated carbocycles. The van der Waals surface area contributed by atoms with E-state index in [4.69, 9.17) is 23.2 Å². The molecule has 2 rings (SSSR count). The molecule has 1 unspecified atom stereocenters. The molecule has 18 heavy (non-hydrogen) atoms. The van der Waals surface area contributed by atoms with Crippen LogP contribution in [0.3, 0.4) is 0 Å². The van der Waals surface area contributed by atoms with Crippen LogP contribution in [-0.4, -0.2) is 4.98 Å². The molecule has 0 aliphatic heterocycles. The van der Waals surface area contributed by atoms with Gasteiger partial charge in [0, 0.05) is 23.3 Å². The van der Waals surface area contributed by atoms with Crippen LogP contribution in [0.5, 0.6) is 0 Å². The van der Waals surface area contributed by atoms with Crippen LogP contribution in [0.25, 0.3) is 0 Å². The van der Waals surface area contributed by atoms with Gasteiger partial charge in [0.15, 0.2) is 0 Å². The standard InChI is InChI=1S/C14H12Cl2FN/c1-9-3-2-6-18-14(9)8-13(16)11-5-4-10(17)7-12(11)15/h2-7,13H,8H2,1H3. The van der Waals surface area contributed by atoms with E-state index in [-0.39, 0.29) is 11.2 Å². The molecule has 4 heteroatoms. The van der Waals surface area contributed by atoms with E-state index < -0.39 is 0 Å². The molecule has 0 saturated heterocycles. The van der Waals surface area contributed by atoms with E-state index in [9.17, 15) is 4.39 Å². The largest absolute Gasteiger partial charge is 0.261 e. The average Bonchev–Trinajstić information content (AvgIpc) is 2.32. The van der Waals surface area contributed by atoms with Crippen molar-refractivity contribution in [3.63, 3.8) is 0 Å². The summed E-state index contributed by atoms with van der Waals surface area (Å²) in [6.07, 6.45) is 2.30. The molecule has 0 amide bonds. The molecule has 1 aromatic carbocycles. The minimum atomic E-state index is -0.360. The van der Waals surface area contributed by atoms with Crippen LogP contribution in [-0.2, 0) is 6.42 Å². The fraction of sp³-hybridized carbons (Fsp3) is 0.214. The summed E-state index contributed by atoms with van der Waals surface area (Å²) in [5, 5.41) is 0.0373. The van der Waals surface area contributed by atoms with Crippen LogP contribution in [0, 0.1) is 12.7 Å². The Bertz CT molecular complexity index is 557. The Balaban J connectivity index is 2.22. The molecule has 0 spiro atoms. The predicted octanol–water partition coefficient (Wildman–Crippen LogP) is 4.71. The SMILES string of the molecule is Cc1cccnc1CC(Cl)c1ccc(F)cc1Cl. The zero-order valence-corrected chi connectivity index (χ0v) is 11.3. The first-order chi connectivity index (χ1) is 8.58. The maximum Gasteiger partial charge on any atom is 0.124 e. The summed E-state index contributed by atoms with van der Waals surface area (Å²) in [5.41, 5.74) is 2.74. The van der Waals surface area contributed by atoms with Crippen molar-refractivity contribution in [2.75, 3.05) is 0 Å². The molecule has 1 heterocycles. The van der Waals surface area contributed by atoms with Crippen molar-refractivity contribution in [1.82, 2.24) is 4.98 Å². The first-order valence-corrected chi connectivity index (χ1v) is 6.39. The fourth-order valence-electron chi connectivity index (χ4n) is 1.77. The van der Waals surface area contributed by atoms with Crippen molar-refractivity contribution in [1.29, 1.82) is 0 Å². The Kier molecular flexibility index (Phi) is 4.20. The van der Waals surface area contributed by atoms with Gasteiger partial charge in [0.05, 0.1) is 5.38 Å². The van der Waals surface area contributed by atoms with Crippen molar-refractivity contribution in [3.8, 4) is 0 Å². The van der Waals surface area contributed by atoms with E-state index in [1.165, 1.54) is 12.1 Å². The third-order valence-corrected chi connectivity index (χ3v) is 3.51. The summed E-state index contributed by atoms with van der Waals surface area (Å²) in [7, 11) is 0. The van der Waals surface area contributed by atoms with Gasteiger partial charge >= 0.3 is 0 Å². The van der Waals surface area contributed by atoms with Crippen LogP contribution in [0.1, 0.15) is 22.2 Å². The number of rotatable bonds is 3. The maximum atomic E-state index is 13.0. The highest BCUT2D eigenvalue weighted by atomic mass is 35.5. The lowest BCUT2D eigenvalue weighted by atomic mass is 10.0. The predicted molar refractivity (Wildman–Crippen MR) is 72.7 cm³/mol. The fourth-order valence-corrected chi connectivity index (χ4v) is 2.46. The number of hydrogen-bond acceptors (Lipinski definition) is 1. The number of alkyl halides is 1. The van der Waals surface area contributed by atoms with Crippen LogP contribution < -0.4 is 0 Å². The van der Waals surface area contributed by atoms with Gasteiger partial charge in [0.2, 0.25) is 0 Å². The highest BCUT2D eigenvalue weighted by Crippen LogP contribution is 2.31. The summed E-state index contributed by atoms with van der Waals surface area (Å²) in [4.78, 5) is 4.29. The normalized spacial score (nSPS) is 12.4. The molecule has 0 fully saturated rings. The van der Waals surface area contributed by atoms with Crippen molar-refractivity contribution >= 4 is 23.2 Å². The Labute approximate surface area is 116 Å². The van der Waals surface area contributed by atoms with E-state index in [1.807, 2.05) is 19.1 Å². The Morgan fingerprint density at radius 1 is 1.33 bits per heavy atom. The average molecular weight is 284 g/mol. The smallest absolute Gasteiger partial charge is 0.124 e. The zero-order chi connectivity index (χ0) is 13.1. The molecule has 0 aliphatic rings. The van der Waals surface area contributed by atoms with Crippen LogP contribution in [0.15, 0.2) is 36.5 Å². The molecule has 0 aliphatic carbocycles. The van der Waals surface area contributed by atoms with Gasteiger partial charge in [-0.25, -0.2) is 4.39 Å². The number of aromatic nitrogens is 1. The number of hydrogen-bond donors (Lipinski definition) is 0. The first-order valence-electron chi connectivity index (χ1n) is 5.57. The Morgan fingerprint density at radius 2 is 2.11 bits per heavy atom. The molecular formula is C14H12Cl2FN. The molecule has 0 radical (unpaired) electrons. The summed E-state index contributed by atoms with van der Waals surface area (Å²) in [6, 6.07) is 8.12. The monoisotopic (exact) mass is 283 g/mol. The summed E-state index contributed by atoms with van der Waals surface area (Å²) in [5.74, 6) is -0.360. The minimum Gasteiger partial charge on any atom is -0.261 e. The van der Waals surface area contributed by atoms with Gasteiger partial charge in [-0.15, -0.1) is 11.6 Å². The molecule has 0 N–H and O–H groups in total.